The minimum absolute atomic E-state index is 0.589. The van der Waals surface area contributed by atoms with Crippen molar-refractivity contribution in [3.05, 3.63) is 0 Å². The first-order valence-electron chi connectivity index (χ1n) is 13.4. The van der Waals surface area contributed by atoms with Crippen LogP contribution in [0.5, 0.6) is 0 Å². The van der Waals surface area contributed by atoms with E-state index < -0.39 is 0 Å². The Kier molecular flexibility index (Phi) is 13.6. The van der Waals surface area contributed by atoms with Crippen LogP contribution in [0.3, 0.4) is 0 Å². The molecule has 0 atom stereocenters. The van der Waals surface area contributed by atoms with Crippen LogP contribution in [-0.2, 0) is 4.74 Å². The van der Waals surface area contributed by atoms with Crippen LogP contribution in [0.1, 0.15) is 142 Å². The molecule has 0 heterocycles. The molecule has 1 heteroatoms. The van der Waals surface area contributed by atoms with E-state index in [1.807, 2.05) is 0 Å². The first-order chi connectivity index (χ1) is 13.8. The fourth-order valence-electron chi connectivity index (χ4n) is 5.84. The molecule has 2 aliphatic rings. The molecule has 0 N–H and O–H groups in total. The van der Waals surface area contributed by atoms with Gasteiger partial charge in [-0.1, -0.05) is 97.3 Å². The molecule has 0 spiro atoms. The van der Waals surface area contributed by atoms with Crippen LogP contribution in [0.15, 0.2) is 0 Å². The second-order valence-electron chi connectivity index (χ2n) is 10.2. The Morgan fingerprint density at radius 2 is 1.04 bits per heavy atom. The van der Waals surface area contributed by atoms with Crippen LogP contribution < -0.4 is 0 Å². The molecular weight excluding hydrogens is 340 g/mol. The van der Waals surface area contributed by atoms with Crippen molar-refractivity contribution in [1.82, 2.24) is 0 Å². The summed E-state index contributed by atoms with van der Waals surface area (Å²) in [5, 5.41) is 0. The summed E-state index contributed by atoms with van der Waals surface area (Å²) in [5.41, 5.74) is 0. The van der Waals surface area contributed by atoms with Gasteiger partial charge >= 0.3 is 0 Å². The molecule has 2 rings (SSSR count). The Labute approximate surface area is 177 Å². The molecule has 0 bridgehead atoms. The Balaban J connectivity index is 1.45. The third kappa shape index (κ3) is 10.1. The Hall–Kier alpha value is -0.0400. The molecule has 0 aliphatic heterocycles. The Morgan fingerprint density at radius 1 is 0.536 bits per heavy atom. The summed E-state index contributed by atoms with van der Waals surface area (Å²) >= 11 is 0. The summed E-state index contributed by atoms with van der Waals surface area (Å²) in [6, 6.07) is 0. The normalized spacial score (nSPS) is 28.5. The van der Waals surface area contributed by atoms with Gasteiger partial charge in [-0.25, -0.2) is 0 Å². The Bertz CT molecular complexity index is 336. The lowest BCUT2D eigenvalue weighted by atomic mass is 9.70. The summed E-state index contributed by atoms with van der Waals surface area (Å²) in [6.07, 6.45) is 29.3. The van der Waals surface area contributed by atoms with Crippen molar-refractivity contribution >= 4 is 0 Å². The zero-order chi connectivity index (χ0) is 19.9. The second kappa shape index (κ2) is 15.8. The van der Waals surface area contributed by atoms with Crippen molar-refractivity contribution < 1.29 is 4.74 Å². The van der Waals surface area contributed by atoms with E-state index in [1.165, 1.54) is 128 Å². The number of rotatable bonds is 15. The predicted octanol–water partition coefficient (Wildman–Crippen LogP) is 9.09. The van der Waals surface area contributed by atoms with Gasteiger partial charge in [0, 0.05) is 6.61 Å². The van der Waals surface area contributed by atoms with Crippen molar-refractivity contribution in [3.63, 3.8) is 0 Å². The highest BCUT2D eigenvalue weighted by molar-refractivity contribution is 4.82. The minimum Gasteiger partial charge on any atom is -0.378 e. The third-order valence-electron chi connectivity index (χ3n) is 7.84. The van der Waals surface area contributed by atoms with Crippen LogP contribution in [0.4, 0.5) is 0 Å². The highest BCUT2D eigenvalue weighted by Crippen LogP contribution is 2.41. The maximum atomic E-state index is 6.23. The van der Waals surface area contributed by atoms with Gasteiger partial charge in [-0.15, -0.1) is 0 Å². The van der Waals surface area contributed by atoms with Crippen LogP contribution >= 0.6 is 0 Å². The first-order valence-corrected chi connectivity index (χ1v) is 13.4. The smallest absolute Gasteiger partial charge is 0.0575 e. The first kappa shape index (κ1) is 24.2. The average Bonchev–Trinajstić information content (AvgIpc) is 2.74. The summed E-state index contributed by atoms with van der Waals surface area (Å²) in [4.78, 5) is 0. The molecule has 0 aromatic rings. The molecule has 2 aliphatic carbocycles. The monoisotopic (exact) mass is 392 g/mol. The lowest BCUT2D eigenvalue weighted by molar-refractivity contribution is 0.00526. The van der Waals surface area contributed by atoms with Gasteiger partial charge in [0.1, 0.15) is 0 Å². The molecule has 2 saturated carbocycles. The molecule has 1 nitrogen and oxygen atoms in total. The van der Waals surface area contributed by atoms with Gasteiger partial charge in [0.15, 0.2) is 0 Å². The van der Waals surface area contributed by atoms with E-state index in [4.69, 9.17) is 4.74 Å². The van der Waals surface area contributed by atoms with E-state index in [9.17, 15) is 0 Å². The molecule has 2 fully saturated rings. The van der Waals surface area contributed by atoms with Gasteiger partial charge in [0.2, 0.25) is 0 Å². The van der Waals surface area contributed by atoms with Gasteiger partial charge in [0.25, 0.3) is 0 Å². The lowest BCUT2D eigenvalue weighted by Crippen LogP contribution is -2.28. The zero-order valence-electron chi connectivity index (χ0n) is 19.6. The molecule has 166 valence electrons. The quantitative estimate of drug-likeness (QED) is 0.252. The molecule has 0 amide bonds. The van der Waals surface area contributed by atoms with Crippen LogP contribution in [0.2, 0.25) is 0 Å². The zero-order valence-corrected chi connectivity index (χ0v) is 19.6. The third-order valence-corrected chi connectivity index (χ3v) is 7.84. The SMILES string of the molecule is CCCCCCCCCOC1CCC(C2CCC(CCCCCC)CC2)CC1. The molecule has 0 aromatic carbocycles. The van der Waals surface area contributed by atoms with E-state index in [-0.39, 0.29) is 0 Å². The van der Waals surface area contributed by atoms with Crippen LogP contribution in [0, 0.1) is 17.8 Å². The largest absolute Gasteiger partial charge is 0.378 e. The van der Waals surface area contributed by atoms with E-state index in [0.717, 1.165) is 24.4 Å². The number of ether oxygens (including phenoxy) is 1. The fourth-order valence-corrected chi connectivity index (χ4v) is 5.84. The molecule has 0 aromatic heterocycles. The molecule has 0 unspecified atom stereocenters. The van der Waals surface area contributed by atoms with Gasteiger partial charge in [-0.2, -0.15) is 0 Å². The van der Waals surface area contributed by atoms with E-state index in [1.54, 1.807) is 0 Å². The molecule has 0 radical (unpaired) electrons. The van der Waals surface area contributed by atoms with Crippen molar-refractivity contribution in [1.29, 1.82) is 0 Å². The maximum absolute atomic E-state index is 6.23. The molecule has 0 saturated heterocycles. The van der Waals surface area contributed by atoms with Crippen molar-refractivity contribution in [3.8, 4) is 0 Å². The van der Waals surface area contributed by atoms with Gasteiger partial charge in [-0.3, -0.25) is 0 Å². The summed E-state index contributed by atoms with van der Waals surface area (Å²) in [6.45, 7) is 5.63. The number of hydrogen-bond acceptors (Lipinski definition) is 1. The second-order valence-corrected chi connectivity index (χ2v) is 10.2. The van der Waals surface area contributed by atoms with E-state index in [0.29, 0.717) is 6.10 Å². The van der Waals surface area contributed by atoms with Crippen molar-refractivity contribution in [2.24, 2.45) is 17.8 Å². The summed E-state index contributed by atoms with van der Waals surface area (Å²) in [7, 11) is 0. The van der Waals surface area contributed by atoms with Crippen molar-refractivity contribution in [2.75, 3.05) is 6.61 Å². The van der Waals surface area contributed by atoms with E-state index >= 15 is 0 Å². The topological polar surface area (TPSA) is 9.23 Å². The number of unbranched alkanes of at least 4 members (excludes halogenated alkanes) is 9. The van der Waals surface area contributed by atoms with Gasteiger partial charge in [-0.05, 0) is 62.7 Å². The highest BCUT2D eigenvalue weighted by Gasteiger charge is 2.30. The Morgan fingerprint density at radius 3 is 1.64 bits per heavy atom. The number of hydrogen-bond donors (Lipinski definition) is 0. The molecular formula is C27H52O. The standard InChI is InChI=1S/C27H52O/c1-3-5-7-9-10-11-13-23-28-27-21-19-26(20-22-27)25-17-15-24(16-18-25)14-12-8-6-4-2/h24-27H,3-23H2,1-2H3. The van der Waals surface area contributed by atoms with Crippen molar-refractivity contribution in [2.45, 2.75) is 148 Å². The lowest BCUT2D eigenvalue weighted by Gasteiger charge is -2.38. The highest BCUT2D eigenvalue weighted by atomic mass is 16.5. The van der Waals surface area contributed by atoms with Crippen LogP contribution in [-0.4, -0.2) is 12.7 Å². The average molecular weight is 393 g/mol. The maximum Gasteiger partial charge on any atom is 0.0575 e. The van der Waals surface area contributed by atoms with Gasteiger partial charge < -0.3 is 4.74 Å². The molecule has 28 heavy (non-hydrogen) atoms. The minimum atomic E-state index is 0.589. The summed E-state index contributed by atoms with van der Waals surface area (Å²) in [5.74, 6) is 3.14. The van der Waals surface area contributed by atoms with E-state index in [2.05, 4.69) is 13.8 Å². The van der Waals surface area contributed by atoms with Crippen LogP contribution in [0.25, 0.3) is 0 Å². The summed E-state index contributed by atoms with van der Waals surface area (Å²) < 4.78 is 6.23. The fraction of sp³-hybridized carbons (Fsp3) is 1.00. The van der Waals surface area contributed by atoms with Gasteiger partial charge in [0.05, 0.1) is 6.10 Å². The predicted molar refractivity (Wildman–Crippen MR) is 124 cm³/mol.